The van der Waals surface area contributed by atoms with E-state index < -0.39 is 26.7 Å². The van der Waals surface area contributed by atoms with Gasteiger partial charge in [0.15, 0.2) is 0 Å². The zero-order valence-corrected chi connectivity index (χ0v) is 19.9. The molecule has 0 radical (unpaired) electrons. The molecular formula is C25H19ClN2O6S. The van der Waals surface area contributed by atoms with Crippen molar-refractivity contribution in [1.82, 2.24) is 0 Å². The second kappa shape index (κ2) is 9.46. The highest BCUT2D eigenvalue weighted by molar-refractivity contribution is 7.86. The van der Waals surface area contributed by atoms with Crippen LogP contribution in [0.25, 0.3) is 21.9 Å². The molecule has 4 aromatic carbocycles. The molecular weight excluding hydrogens is 492 g/mol. The lowest BCUT2D eigenvalue weighted by Gasteiger charge is -2.13. The molecule has 0 saturated carbocycles. The van der Waals surface area contributed by atoms with Crippen LogP contribution in [0.15, 0.2) is 81.9 Å². The van der Waals surface area contributed by atoms with Crippen LogP contribution in [-0.4, -0.2) is 29.2 Å². The number of benzene rings is 4. The Morgan fingerprint density at radius 3 is 2.40 bits per heavy atom. The summed E-state index contributed by atoms with van der Waals surface area (Å²) in [7, 11) is -4.76. The Hall–Kier alpha value is -3.79. The Labute approximate surface area is 205 Å². The first kappa shape index (κ1) is 24.3. The lowest BCUT2D eigenvalue weighted by Crippen LogP contribution is -2.01. The Bertz CT molecular complexity index is 1620. The van der Waals surface area contributed by atoms with Crippen LogP contribution in [0.3, 0.4) is 0 Å². The normalized spacial score (nSPS) is 11.9. The molecule has 4 aromatic rings. The number of aromatic hydroxyl groups is 1. The van der Waals surface area contributed by atoms with Crippen LogP contribution in [0.5, 0.6) is 5.75 Å². The highest BCUT2D eigenvalue weighted by Gasteiger charge is 2.22. The van der Waals surface area contributed by atoms with Crippen molar-refractivity contribution < 1.29 is 28.0 Å². The Morgan fingerprint density at radius 2 is 1.74 bits per heavy atom. The second-order valence-corrected chi connectivity index (χ2v) is 9.46. The van der Waals surface area contributed by atoms with Gasteiger partial charge in [-0.15, -0.1) is 5.11 Å². The molecule has 4 rings (SSSR count). The SMILES string of the molecule is CCc1ccc(N=Nc2ccc(-c3c(O)c(C(=O)O)cc4ccccc34)cc2S(=O)(=O)O)cc1Cl. The van der Waals surface area contributed by atoms with Gasteiger partial charge in [0.05, 0.1) is 5.69 Å². The van der Waals surface area contributed by atoms with E-state index in [1.807, 2.05) is 6.92 Å². The number of fused-ring (bicyclic) bond motifs is 1. The number of aryl methyl sites for hydroxylation is 1. The third kappa shape index (κ3) is 4.88. The average molecular weight is 511 g/mol. The van der Waals surface area contributed by atoms with Crippen molar-refractivity contribution in [2.75, 3.05) is 0 Å². The van der Waals surface area contributed by atoms with Gasteiger partial charge in [-0.25, -0.2) is 4.79 Å². The van der Waals surface area contributed by atoms with Crippen LogP contribution < -0.4 is 0 Å². The monoisotopic (exact) mass is 510 g/mol. The van der Waals surface area contributed by atoms with Gasteiger partial charge in [0.2, 0.25) is 0 Å². The van der Waals surface area contributed by atoms with Gasteiger partial charge in [0.1, 0.15) is 21.9 Å². The number of carbonyl (C=O) groups is 1. The summed E-state index contributed by atoms with van der Waals surface area (Å²) < 4.78 is 34.2. The van der Waals surface area contributed by atoms with E-state index in [9.17, 15) is 28.0 Å². The number of rotatable bonds is 6. The summed E-state index contributed by atoms with van der Waals surface area (Å²) in [5.74, 6) is -1.87. The van der Waals surface area contributed by atoms with Gasteiger partial charge in [-0.2, -0.15) is 13.5 Å². The van der Waals surface area contributed by atoms with Gasteiger partial charge in [0, 0.05) is 10.6 Å². The van der Waals surface area contributed by atoms with Crippen LogP contribution in [0.1, 0.15) is 22.8 Å². The average Bonchev–Trinajstić information content (AvgIpc) is 2.81. The molecule has 0 unspecified atom stereocenters. The van der Waals surface area contributed by atoms with Gasteiger partial charge in [-0.05, 0) is 58.7 Å². The maximum absolute atomic E-state index is 12.2. The summed E-state index contributed by atoms with van der Waals surface area (Å²) in [6, 6.07) is 17.0. The molecule has 0 fully saturated rings. The summed E-state index contributed by atoms with van der Waals surface area (Å²) in [6.07, 6.45) is 0.731. The molecule has 8 nitrogen and oxygen atoms in total. The van der Waals surface area contributed by atoms with Crippen molar-refractivity contribution in [3.8, 4) is 16.9 Å². The van der Waals surface area contributed by atoms with Crippen molar-refractivity contribution in [1.29, 1.82) is 0 Å². The Kier molecular flexibility index (Phi) is 6.58. The minimum atomic E-state index is -4.76. The van der Waals surface area contributed by atoms with Crippen LogP contribution in [-0.2, 0) is 16.5 Å². The quantitative estimate of drug-likeness (QED) is 0.193. The van der Waals surface area contributed by atoms with E-state index in [0.29, 0.717) is 21.5 Å². The minimum Gasteiger partial charge on any atom is -0.506 e. The number of azo groups is 1. The number of hydrogen-bond donors (Lipinski definition) is 3. The lowest BCUT2D eigenvalue weighted by molar-refractivity contribution is 0.0694. The summed E-state index contributed by atoms with van der Waals surface area (Å²) in [5.41, 5.74) is 1.09. The number of carboxylic acid groups (broad SMARTS) is 1. The van der Waals surface area contributed by atoms with Crippen molar-refractivity contribution in [3.05, 3.63) is 82.9 Å². The highest BCUT2D eigenvalue weighted by Crippen LogP contribution is 2.41. The van der Waals surface area contributed by atoms with E-state index in [1.165, 1.54) is 18.2 Å². The second-order valence-electron chi connectivity index (χ2n) is 7.66. The molecule has 0 saturated heterocycles. The molecule has 3 N–H and O–H groups in total. The third-order valence-electron chi connectivity index (χ3n) is 5.47. The van der Waals surface area contributed by atoms with E-state index in [2.05, 4.69) is 10.2 Å². The summed E-state index contributed by atoms with van der Waals surface area (Å²) in [4.78, 5) is 11.1. The van der Waals surface area contributed by atoms with Crippen molar-refractivity contribution in [2.24, 2.45) is 10.2 Å². The smallest absolute Gasteiger partial charge is 0.339 e. The van der Waals surface area contributed by atoms with Gasteiger partial charge in [-0.1, -0.05) is 54.9 Å². The van der Waals surface area contributed by atoms with Crippen LogP contribution >= 0.6 is 11.6 Å². The Morgan fingerprint density at radius 1 is 1.00 bits per heavy atom. The predicted octanol–water partition coefficient (Wildman–Crippen LogP) is 6.79. The van der Waals surface area contributed by atoms with E-state index in [4.69, 9.17) is 11.6 Å². The first-order valence-corrected chi connectivity index (χ1v) is 12.2. The molecule has 0 aliphatic rings. The molecule has 0 heterocycles. The molecule has 0 aliphatic carbocycles. The maximum atomic E-state index is 12.2. The van der Waals surface area contributed by atoms with Gasteiger partial charge < -0.3 is 10.2 Å². The first-order chi connectivity index (χ1) is 16.6. The molecule has 0 spiro atoms. The van der Waals surface area contributed by atoms with E-state index in [1.54, 1.807) is 42.5 Å². The summed E-state index contributed by atoms with van der Waals surface area (Å²) in [6.45, 7) is 1.95. The molecule has 0 amide bonds. The topological polar surface area (TPSA) is 137 Å². The predicted molar refractivity (Wildman–Crippen MR) is 133 cm³/mol. The van der Waals surface area contributed by atoms with Crippen LogP contribution in [0.2, 0.25) is 5.02 Å². The lowest BCUT2D eigenvalue weighted by atomic mass is 9.94. The number of aromatic carboxylic acids is 1. The maximum Gasteiger partial charge on any atom is 0.339 e. The van der Waals surface area contributed by atoms with Crippen molar-refractivity contribution >= 4 is 49.8 Å². The number of phenols is 1. The Balaban J connectivity index is 1.89. The largest absolute Gasteiger partial charge is 0.506 e. The van der Waals surface area contributed by atoms with E-state index in [0.717, 1.165) is 18.1 Å². The standard InChI is InChI=1S/C25H19ClN2O6S/c1-2-14-7-9-17(13-20(14)26)27-28-21-10-8-16(12-22(21)35(32,33)34)23-18-6-4-3-5-15(18)11-19(24(23)29)25(30)31/h3-13,29H,2H2,1H3,(H,30,31)(H,32,33,34). The fraction of sp³-hybridized carbons (Fsp3) is 0.0800. The van der Waals surface area contributed by atoms with Gasteiger partial charge >= 0.3 is 5.97 Å². The minimum absolute atomic E-state index is 0.107. The van der Waals surface area contributed by atoms with Gasteiger partial charge in [0.25, 0.3) is 10.1 Å². The molecule has 10 heteroatoms. The van der Waals surface area contributed by atoms with Crippen LogP contribution in [0, 0.1) is 0 Å². The van der Waals surface area contributed by atoms with E-state index in [-0.39, 0.29) is 22.4 Å². The molecule has 0 aromatic heterocycles. The first-order valence-electron chi connectivity index (χ1n) is 10.4. The van der Waals surface area contributed by atoms with Crippen molar-refractivity contribution in [3.63, 3.8) is 0 Å². The highest BCUT2D eigenvalue weighted by atomic mass is 35.5. The number of halogens is 1. The van der Waals surface area contributed by atoms with Crippen LogP contribution in [0.4, 0.5) is 11.4 Å². The molecule has 0 bridgehead atoms. The zero-order valence-electron chi connectivity index (χ0n) is 18.3. The molecule has 0 aliphatic heterocycles. The molecule has 0 atom stereocenters. The molecule has 35 heavy (non-hydrogen) atoms. The number of carboxylic acids is 1. The van der Waals surface area contributed by atoms with Crippen molar-refractivity contribution in [2.45, 2.75) is 18.2 Å². The summed E-state index contributed by atoms with van der Waals surface area (Å²) >= 11 is 6.20. The fourth-order valence-corrected chi connectivity index (χ4v) is 4.70. The molecule has 178 valence electrons. The zero-order chi connectivity index (χ0) is 25.3. The number of nitrogens with zero attached hydrogens (tertiary/aromatic N) is 2. The number of hydrogen-bond acceptors (Lipinski definition) is 6. The van der Waals surface area contributed by atoms with Gasteiger partial charge in [-0.3, -0.25) is 4.55 Å². The third-order valence-corrected chi connectivity index (χ3v) is 6.70. The fourth-order valence-electron chi connectivity index (χ4n) is 3.75. The van der Waals surface area contributed by atoms with E-state index >= 15 is 0 Å². The summed E-state index contributed by atoms with van der Waals surface area (Å²) in [5, 5.41) is 29.8.